The number of carbonyl (C=O) groups excluding carboxylic acids is 3. The van der Waals surface area contributed by atoms with Gasteiger partial charge in [-0.3, -0.25) is 24.5 Å². The zero-order chi connectivity index (χ0) is 24.1. The van der Waals surface area contributed by atoms with Crippen LogP contribution in [0.2, 0.25) is 0 Å². The number of rotatable bonds is 8. The van der Waals surface area contributed by atoms with Gasteiger partial charge in [0.05, 0.1) is 10.8 Å². The van der Waals surface area contributed by atoms with E-state index >= 15 is 0 Å². The third-order valence-corrected chi connectivity index (χ3v) is 5.91. The van der Waals surface area contributed by atoms with E-state index < -0.39 is 23.4 Å². The van der Waals surface area contributed by atoms with E-state index in [-0.39, 0.29) is 23.6 Å². The highest BCUT2D eigenvalue weighted by Crippen LogP contribution is 2.31. The summed E-state index contributed by atoms with van der Waals surface area (Å²) in [6, 6.07) is 13.3. The van der Waals surface area contributed by atoms with Gasteiger partial charge in [0.25, 0.3) is 17.5 Å². The fourth-order valence-corrected chi connectivity index (χ4v) is 3.93. The van der Waals surface area contributed by atoms with Gasteiger partial charge in [0.15, 0.2) is 6.61 Å². The molecule has 2 amide bonds. The van der Waals surface area contributed by atoms with Crippen molar-refractivity contribution in [1.82, 2.24) is 5.32 Å². The standard InChI is InChI=1S/C24H26N4O6/c29-22(25-19-5-3-4-17(14-19)23(30)26-18-8-9-18)15-34-24(31)16-10-12-27(13-11-16)20-6-1-2-7-21(20)28(32)33/h1-7,14,16,18H,8-13,15H2,(H,25,29)(H,26,30). The van der Waals surface area contributed by atoms with E-state index in [1.54, 1.807) is 42.5 Å². The van der Waals surface area contributed by atoms with Gasteiger partial charge in [-0.05, 0) is 49.9 Å². The number of ether oxygens (including phenoxy) is 1. The van der Waals surface area contributed by atoms with Crippen molar-refractivity contribution in [3.8, 4) is 0 Å². The van der Waals surface area contributed by atoms with Gasteiger partial charge >= 0.3 is 5.97 Å². The Balaban J connectivity index is 1.23. The SMILES string of the molecule is O=C(COC(=O)C1CCN(c2ccccc2[N+](=O)[O-])CC1)Nc1cccc(C(=O)NC2CC2)c1. The summed E-state index contributed by atoms with van der Waals surface area (Å²) in [5.41, 5.74) is 1.47. The lowest BCUT2D eigenvalue weighted by molar-refractivity contribution is -0.384. The molecule has 0 spiro atoms. The summed E-state index contributed by atoms with van der Waals surface area (Å²) >= 11 is 0. The minimum absolute atomic E-state index is 0.0364. The van der Waals surface area contributed by atoms with E-state index in [9.17, 15) is 24.5 Å². The van der Waals surface area contributed by atoms with E-state index in [1.165, 1.54) is 6.07 Å². The number of piperidine rings is 1. The molecule has 1 aliphatic carbocycles. The van der Waals surface area contributed by atoms with Crippen LogP contribution in [0.3, 0.4) is 0 Å². The second-order valence-electron chi connectivity index (χ2n) is 8.49. The zero-order valence-corrected chi connectivity index (χ0v) is 18.6. The minimum Gasteiger partial charge on any atom is -0.455 e. The maximum absolute atomic E-state index is 12.4. The molecule has 2 N–H and O–H groups in total. The Bertz CT molecular complexity index is 1090. The van der Waals surface area contributed by atoms with Crippen LogP contribution in [-0.2, 0) is 14.3 Å². The molecule has 1 heterocycles. The van der Waals surface area contributed by atoms with Gasteiger partial charge in [-0.15, -0.1) is 0 Å². The fraction of sp³-hybridized carbons (Fsp3) is 0.375. The summed E-state index contributed by atoms with van der Waals surface area (Å²) in [6.07, 6.45) is 2.92. The minimum atomic E-state index is -0.495. The number of nitro benzene ring substituents is 1. The average molecular weight is 466 g/mol. The van der Waals surface area contributed by atoms with Crippen molar-refractivity contribution in [1.29, 1.82) is 0 Å². The first-order chi connectivity index (χ1) is 16.4. The molecule has 0 atom stereocenters. The van der Waals surface area contributed by atoms with Crippen molar-refractivity contribution in [2.75, 3.05) is 29.9 Å². The van der Waals surface area contributed by atoms with Gasteiger partial charge in [0.1, 0.15) is 5.69 Å². The molecule has 34 heavy (non-hydrogen) atoms. The number of nitro groups is 1. The largest absolute Gasteiger partial charge is 0.455 e. The normalized spacial score (nSPS) is 15.9. The van der Waals surface area contributed by atoms with Crippen LogP contribution in [-0.4, -0.2) is 48.4 Å². The summed E-state index contributed by atoms with van der Waals surface area (Å²) in [7, 11) is 0. The molecule has 4 rings (SSSR count). The highest BCUT2D eigenvalue weighted by molar-refractivity contribution is 5.98. The predicted molar refractivity (Wildman–Crippen MR) is 125 cm³/mol. The van der Waals surface area contributed by atoms with E-state index in [0.29, 0.717) is 42.9 Å². The number of anilines is 2. The Kier molecular flexibility index (Phi) is 7.05. The van der Waals surface area contributed by atoms with Gasteiger partial charge < -0.3 is 20.3 Å². The van der Waals surface area contributed by atoms with E-state index in [1.807, 2.05) is 4.90 Å². The van der Waals surface area contributed by atoms with Crippen molar-refractivity contribution < 1.29 is 24.0 Å². The molecule has 2 fully saturated rings. The number of hydrogen-bond acceptors (Lipinski definition) is 7. The molecule has 0 radical (unpaired) electrons. The first-order valence-corrected chi connectivity index (χ1v) is 11.3. The van der Waals surface area contributed by atoms with Crippen LogP contribution < -0.4 is 15.5 Å². The molecule has 2 aliphatic rings. The van der Waals surface area contributed by atoms with Gasteiger partial charge in [0, 0.05) is 36.4 Å². The number of hydrogen-bond donors (Lipinski definition) is 2. The molecule has 10 heteroatoms. The van der Waals surface area contributed by atoms with E-state index in [0.717, 1.165) is 12.8 Å². The third kappa shape index (κ3) is 5.89. The lowest BCUT2D eigenvalue weighted by Crippen LogP contribution is -2.37. The second kappa shape index (κ2) is 10.3. The van der Waals surface area contributed by atoms with Crippen molar-refractivity contribution in [3.63, 3.8) is 0 Å². The lowest BCUT2D eigenvalue weighted by atomic mass is 9.96. The highest BCUT2D eigenvalue weighted by atomic mass is 16.6. The fourth-order valence-electron chi connectivity index (χ4n) is 3.93. The topological polar surface area (TPSA) is 131 Å². The number of para-hydroxylation sites is 2. The van der Waals surface area contributed by atoms with Gasteiger partial charge in [-0.1, -0.05) is 18.2 Å². The van der Waals surface area contributed by atoms with Crippen LogP contribution in [0, 0.1) is 16.0 Å². The van der Waals surface area contributed by atoms with Gasteiger partial charge in [-0.2, -0.15) is 0 Å². The Hall–Kier alpha value is -3.95. The van der Waals surface area contributed by atoms with E-state index in [4.69, 9.17) is 4.74 Å². The first kappa shape index (κ1) is 23.2. The number of benzene rings is 2. The van der Waals surface area contributed by atoms with Crippen LogP contribution >= 0.6 is 0 Å². The summed E-state index contributed by atoms with van der Waals surface area (Å²) in [4.78, 5) is 49.6. The van der Waals surface area contributed by atoms with Crippen molar-refractivity contribution in [3.05, 3.63) is 64.2 Å². The molecule has 0 aromatic heterocycles. The molecule has 1 saturated heterocycles. The number of esters is 1. The Labute approximate surface area is 196 Å². The Morgan fingerprint density at radius 3 is 2.47 bits per heavy atom. The smallest absolute Gasteiger partial charge is 0.309 e. The van der Waals surface area contributed by atoms with Crippen molar-refractivity contribution >= 4 is 34.8 Å². The summed E-state index contributed by atoms with van der Waals surface area (Å²) in [5, 5.41) is 16.8. The van der Waals surface area contributed by atoms with Crippen molar-refractivity contribution in [2.45, 2.75) is 31.7 Å². The molecular weight excluding hydrogens is 440 g/mol. The first-order valence-electron chi connectivity index (χ1n) is 11.3. The van der Waals surface area contributed by atoms with Crippen LogP contribution in [0.4, 0.5) is 17.1 Å². The van der Waals surface area contributed by atoms with Gasteiger partial charge in [0.2, 0.25) is 0 Å². The van der Waals surface area contributed by atoms with Gasteiger partial charge in [-0.25, -0.2) is 0 Å². The highest BCUT2D eigenvalue weighted by Gasteiger charge is 2.29. The quantitative estimate of drug-likeness (QED) is 0.347. The number of carbonyl (C=O) groups is 3. The van der Waals surface area contributed by atoms with Crippen LogP contribution in [0.15, 0.2) is 48.5 Å². The number of nitrogens with one attached hydrogen (secondary N) is 2. The molecule has 0 bridgehead atoms. The molecule has 178 valence electrons. The predicted octanol–water partition coefficient (Wildman–Crippen LogP) is 2.89. The maximum atomic E-state index is 12.4. The molecule has 1 aliphatic heterocycles. The second-order valence-corrected chi connectivity index (χ2v) is 8.49. The van der Waals surface area contributed by atoms with Crippen LogP contribution in [0.5, 0.6) is 0 Å². The average Bonchev–Trinajstić information content (AvgIpc) is 3.67. The summed E-state index contributed by atoms with van der Waals surface area (Å²) in [5.74, 6) is -1.51. The summed E-state index contributed by atoms with van der Waals surface area (Å²) < 4.78 is 5.20. The lowest BCUT2D eigenvalue weighted by Gasteiger charge is -2.32. The molecule has 2 aromatic rings. The third-order valence-electron chi connectivity index (χ3n) is 5.91. The molecule has 1 saturated carbocycles. The number of amides is 2. The zero-order valence-electron chi connectivity index (χ0n) is 18.6. The summed E-state index contributed by atoms with van der Waals surface area (Å²) in [6.45, 7) is 0.529. The number of nitrogens with zero attached hydrogens (tertiary/aromatic N) is 2. The van der Waals surface area contributed by atoms with Crippen LogP contribution in [0.1, 0.15) is 36.0 Å². The maximum Gasteiger partial charge on any atom is 0.309 e. The molecular formula is C24H26N4O6. The van der Waals surface area contributed by atoms with E-state index in [2.05, 4.69) is 10.6 Å². The Morgan fingerprint density at radius 1 is 1.03 bits per heavy atom. The molecule has 10 nitrogen and oxygen atoms in total. The molecule has 0 unspecified atom stereocenters. The Morgan fingerprint density at radius 2 is 1.76 bits per heavy atom. The molecule has 2 aromatic carbocycles. The van der Waals surface area contributed by atoms with Crippen LogP contribution in [0.25, 0.3) is 0 Å². The van der Waals surface area contributed by atoms with Crippen molar-refractivity contribution in [2.24, 2.45) is 5.92 Å². The monoisotopic (exact) mass is 466 g/mol.